The molecular weight excluding hydrogens is 354 g/mol. The predicted octanol–water partition coefficient (Wildman–Crippen LogP) is 3.81. The Balaban J connectivity index is 1.98. The second kappa shape index (κ2) is 5.79. The summed E-state index contributed by atoms with van der Waals surface area (Å²) in [5.74, 6) is -0.295. The van der Waals surface area contributed by atoms with Crippen molar-refractivity contribution in [3.05, 3.63) is 51.4 Å². The Kier molecular flexibility index (Phi) is 3.99. The first-order chi connectivity index (χ1) is 10.5. The van der Waals surface area contributed by atoms with Crippen molar-refractivity contribution in [2.45, 2.75) is 6.54 Å². The maximum atomic E-state index is 13.3. The van der Waals surface area contributed by atoms with E-state index in [1.165, 1.54) is 23.0 Å². The second-order valence-electron chi connectivity index (χ2n) is 4.38. The van der Waals surface area contributed by atoms with Gasteiger partial charge >= 0.3 is 6.08 Å². The maximum Gasteiger partial charge on any atom is 0.312 e. The summed E-state index contributed by atoms with van der Waals surface area (Å²) in [6.45, 7) is -0.120. The molecule has 0 saturated heterocycles. The number of ketones is 1. The average molecular weight is 360 g/mol. The molecule has 3 aromatic rings. The number of Topliss-reactive ketones (excluding diaryl/α,β-unsaturated/α-hetero) is 1. The number of halogens is 4. The van der Waals surface area contributed by atoms with Crippen molar-refractivity contribution in [2.24, 2.45) is 0 Å². The van der Waals surface area contributed by atoms with E-state index in [4.69, 9.17) is 34.8 Å². The summed E-state index contributed by atoms with van der Waals surface area (Å²) < 4.78 is 14.6. The van der Waals surface area contributed by atoms with E-state index in [-0.39, 0.29) is 33.7 Å². The van der Waals surface area contributed by atoms with E-state index in [0.717, 1.165) is 0 Å². The van der Waals surface area contributed by atoms with Gasteiger partial charge in [-0.2, -0.15) is 14.4 Å². The van der Waals surface area contributed by atoms with Crippen LogP contribution in [0.25, 0.3) is 11.2 Å². The molecule has 0 aliphatic carbocycles. The van der Waals surface area contributed by atoms with Crippen LogP contribution in [0, 0.1) is 6.08 Å². The third-order valence-corrected chi connectivity index (χ3v) is 3.75. The van der Waals surface area contributed by atoms with Gasteiger partial charge in [0.25, 0.3) is 0 Å². The summed E-state index contributed by atoms with van der Waals surface area (Å²) in [7, 11) is 0. The zero-order valence-electron chi connectivity index (χ0n) is 10.7. The van der Waals surface area contributed by atoms with Gasteiger partial charge in [0.2, 0.25) is 0 Å². The van der Waals surface area contributed by atoms with E-state index in [1.807, 2.05) is 0 Å². The molecule has 0 amide bonds. The molecule has 0 aliphatic rings. The molecule has 0 radical (unpaired) electrons. The highest BCUT2D eigenvalue weighted by Gasteiger charge is 2.16. The fourth-order valence-electron chi connectivity index (χ4n) is 1.96. The van der Waals surface area contributed by atoms with Crippen molar-refractivity contribution in [3.63, 3.8) is 0 Å². The van der Waals surface area contributed by atoms with E-state index < -0.39 is 6.08 Å². The number of carbonyl (C=O) groups is 1. The van der Waals surface area contributed by atoms with E-state index >= 15 is 0 Å². The fraction of sp³-hybridized carbons (Fsp3) is 0.0769. The van der Waals surface area contributed by atoms with Crippen LogP contribution >= 0.6 is 34.8 Å². The first-order valence-corrected chi connectivity index (χ1v) is 7.11. The third kappa shape index (κ3) is 2.77. The van der Waals surface area contributed by atoms with E-state index in [1.54, 1.807) is 6.07 Å². The molecule has 0 unspecified atom stereocenters. The fourth-order valence-corrected chi connectivity index (χ4v) is 2.67. The van der Waals surface area contributed by atoms with Gasteiger partial charge in [0.15, 0.2) is 16.6 Å². The van der Waals surface area contributed by atoms with Gasteiger partial charge in [-0.05, 0) is 18.2 Å². The normalized spacial score (nSPS) is 11.1. The summed E-state index contributed by atoms with van der Waals surface area (Å²) in [4.78, 5) is 23.3. The summed E-state index contributed by atoms with van der Waals surface area (Å²) in [6.07, 6.45) is 0.350. The van der Waals surface area contributed by atoms with Crippen LogP contribution in [0.5, 0.6) is 0 Å². The molecule has 0 fully saturated rings. The van der Waals surface area contributed by atoms with Crippen molar-refractivity contribution >= 4 is 51.7 Å². The molecule has 0 aliphatic heterocycles. The summed E-state index contributed by atoms with van der Waals surface area (Å²) >= 11 is 17.6. The zero-order chi connectivity index (χ0) is 15.9. The van der Waals surface area contributed by atoms with Crippen molar-refractivity contribution in [2.75, 3.05) is 0 Å². The molecule has 0 atom stereocenters. The number of rotatable bonds is 3. The molecule has 5 nitrogen and oxygen atoms in total. The maximum absolute atomic E-state index is 13.3. The highest BCUT2D eigenvalue weighted by Crippen LogP contribution is 2.23. The summed E-state index contributed by atoms with van der Waals surface area (Å²) in [6, 6.07) is 4.56. The van der Waals surface area contributed by atoms with E-state index in [0.29, 0.717) is 10.6 Å². The van der Waals surface area contributed by atoms with Gasteiger partial charge in [-0.3, -0.25) is 4.79 Å². The number of carbonyl (C=O) groups excluding carboxylic acids is 1. The van der Waals surface area contributed by atoms with Crippen LogP contribution in [-0.2, 0) is 6.54 Å². The van der Waals surface area contributed by atoms with Crippen molar-refractivity contribution < 1.29 is 9.18 Å². The van der Waals surface area contributed by atoms with Crippen LogP contribution < -0.4 is 0 Å². The lowest BCUT2D eigenvalue weighted by Gasteiger charge is -2.05. The number of hydrogen-bond donors (Lipinski definition) is 0. The zero-order valence-corrected chi connectivity index (χ0v) is 13.0. The van der Waals surface area contributed by atoms with Gasteiger partial charge in [0.1, 0.15) is 5.52 Å². The Morgan fingerprint density at radius 2 is 2.00 bits per heavy atom. The van der Waals surface area contributed by atoms with Crippen LogP contribution in [0.2, 0.25) is 15.2 Å². The number of fused-ring (bicyclic) bond motifs is 1. The largest absolute Gasteiger partial charge is 0.312 e. The van der Waals surface area contributed by atoms with Gasteiger partial charge in [-0.1, -0.05) is 34.8 Å². The number of aromatic nitrogens is 4. The quantitative estimate of drug-likeness (QED) is 0.405. The molecule has 2 heterocycles. The highest BCUT2D eigenvalue weighted by molar-refractivity contribution is 6.36. The lowest BCUT2D eigenvalue weighted by molar-refractivity contribution is 0.0973. The monoisotopic (exact) mass is 358 g/mol. The molecule has 9 heteroatoms. The Morgan fingerprint density at radius 3 is 2.73 bits per heavy atom. The lowest BCUT2D eigenvalue weighted by atomic mass is 10.1. The van der Waals surface area contributed by atoms with E-state index in [9.17, 15) is 9.18 Å². The Bertz CT molecular complexity index is 896. The highest BCUT2D eigenvalue weighted by atomic mass is 35.5. The molecule has 3 rings (SSSR count). The topological polar surface area (TPSA) is 60.7 Å². The van der Waals surface area contributed by atoms with E-state index in [2.05, 4.69) is 15.0 Å². The first-order valence-electron chi connectivity index (χ1n) is 5.98. The number of imidazole rings is 1. The minimum absolute atomic E-state index is 0.113. The predicted molar refractivity (Wildman–Crippen MR) is 81.1 cm³/mol. The number of nitrogens with zero attached hydrogens (tertiary/aromatic N) is 4. The Morgan fingerprint density at radius 1 is 1.23 bits per heavy atom. The van der Waals surface area contributed by atoms with Crippen LogP contribution in [0.4, 0.5) is 4.39 Å². The third-order valence-electron chi connectivity index (χ3n) is 2.94. The van der Waals surface area contributed by atoms with Crippen LogP contribution in [-0.4, -0.2) is 25.3 Å². The SMILES string of the molecule is O=C(Cn1cnc2c(Cl)nc(F)nc21)c1ccc(Cl)cc1Cl. The molecule has 2 aromatic heterocycles. The standard InChI is InChI=1S/C13H6Cl3FN4O/c14-6-1-2-7(8(15)3-6)9(22)4-21-5-18-10-11(16)19-13(17)20-12(10)21/h1-3,5H,4H2. The van der Waals surface area contributed by atoms with Gasteiger partial charge in [0, 0.05) is 10.6 Å². The molecule has 22 heavy (non-hydrogen) atoms. The van der Waals surface area contributed by atoms with Crippen LogP contribution in [0.15, 0.2) is 24.5 Å². The summed E-state index contributed by atoms with van der Waals surface area (Å²) in [5.41, 5.74) is 0.655. The van der Waals surface area contributed by atoms with Crippen molar-refractivity contribution in [3.8, 4) is 0 Å². The van der Waals surface area contributed by atoms with Crippen LogP contribution in [0.3, 0.4) is 0 Å². The molecule has 1 aromatic carbocycles. The smallest absolute Gasteiger partial charge is 0.307 e. The van der Waals surface area contributed by atoms with Gasteiger partial charge in [0.05, 0.1) is 17.9 Å². The number of hydrogen-bond acceptors (Lipinski definition) is 4. The summed E-state index contributed by atoms with van der Waals surface area (Å²) in [5, 5.41) is 0.551. The van der Waals surface area contributed by atoms with Gasteiger partial charge in [-0.15, -0.1) is 0 Å². The molecular formula is C13H6Cl3FN4O. The van der Waals surface area contributed by atoms with Crippen LogP contribution in [0.1, 0.15) is 10.4 Å². The first kappa shape index (κ1) is 15.1. The average Bonchev–Trinajstić information content (AvgIpc) is 2.82. The van der Waals surface area contributed by atoms with Crippen molar-refractivity contribution in [1.82, 2.24) is 19.5 Å². The molecule has 0 saturated carbocycles. The Labute approximate surface area is 138 Å². The van der Waals surface area contributed by atoms with Gasteiger partial charge in [-0.25, -0.2) is 4.98 Å². The van der Waals surface area contributed by atoms with Gasteiger partial charge < -0.3 is 4.57 Å². The Hall–Kier alpha value is -1.76. The minimum Gasteiger partial charge on any atom is -0.307 e. The minimum atomic E-state index is -0.990. The molecule has 0 N–H and O–H groups in total. The molecule has 112 valence electrons. The lowest BCUT2D eigenvalue weighted by Crippen LogP contribution is -2.11. The molecule has 0 spiro atoms. The number of benzene rings is 1. The van der Waals surface area contributed by atoms with Crippen molar-refractivity contribution in [1.29, 1.82) is 0 Å². The molecule has 0 bridgehead atoms. The second-order valence-corrected chi connectivity index (χ2v) is 5.58.